The molecule has 0 bridgehead atoms. The standard InChI is InChI=1S/C20H24N6O3/c1-13-11-14(2)26(24-13)12-18(27)22-23-19(28)15-7-9-25(10-8-15)20-21-16-5-3-4-6-17(16)29-20/h3-6,11,15H,7-10,12H2,1-2H3,(H,22,27)(H,23,28). The van der Waals surface area contributed by atoms with Gasteiger partial charge in [0.25, 0.3) is 11.9 Å². The number of hydrogen-bond donors (Lipinski definition) is 2. The fraction of sp³-hybridized carbons (Fsp3) is 0.400. The Hall–Kier alpha value is -3.36. The summed E-state index contributed by atoms with van der Waals surface area (Å²) in [5.74, 6) is -0.651. The smallest absolute Gasteiger partial charge is 0.298 e. The molecule has 1 aromatic carbocycles. The molecule has 3 aromatic rings. The number of carbonyl (C=O) groups excluding carboxylic acids is 2. The molecular formula is C20H24N6O3. The molecule has 0 saturated carbocycles. The number of aryl methyl sites for hydroxylation is 2. The highest BCUT2D eigenvalue weighted by molar-refractivity contribution is 5.83. The van der Waals surface area contributed by atoms with E-state index >= 15 is 0 Å². The lowest BCUT2D eigenvalue weighted by Gasteiger charge is -2.30. The minimum absolute atomic E-state index is 0.0656. The van der Waals surface area contributed by atoms with Crippen LogP contribution >= 0.6 is 0 Å². The van der Waals surface area contributed by atoms with E-state index in [4.69, 9.17) is 4.42 Å². The van der Waals surface area contributed by atoms with E-state index in [2.05, 4.69) is 20.9 Å². The van der Waals surface area contributed by atoms with E-state index in [0.717, 1.165) is 22.5 Å². The Morgan fingerprint density at radius 2 is 1.93 bits per heavy atom. The molecule has 0 spiro atoms. The third-order valence-electron chi connectivity index (χ3n) is 5.14. The number of fused-ring (bicyclic) bond motifs is 1. The molecule has 2 amide bonds. The van der Waals surface area contributed by atoms with Gasteiger partial charge in [-0.1, -0.05) is 12.1 Å². The van der Waals surface area contributed by atoms with Crippen molar-refractivity contribution in [3.63, 3.8) is 0 Å². The zero-order valence-electron chi connectivity index (χ0n) is 16.5. The normalized spacial score (nSPS) is 14.9. The van der Waals surface area contributed by atoms with E-state index < -0.39 is 0 Å². The van der Waals surface area contributed by atoms with E-state index in [-0.39, 0.29) is 24.3 Å². The maximum Gasteiger partial charge on any atom is 0.298 e. The summed E-state index contributed by atoms with van der Waals surface area (Å²) in [7, 11) is 0. The van der Waals surface area contributed by atoms with Crippen molar-refractivity contribution in [1.29, 1.82) is 0 Å². The Morgan fingerprint density at radius 3 is 2.62 bits per heavy atom. The van der Waals surface area contributed by atoms with Gasteiger partial charge in [-0.15, -0.1) is 0 Å². The average Bonchev–Trinajstić information content (AvgIpc) is 3.28. The lowest BCUT2D eigenvalue weighted by atomic mass is 9.96. The van der Waals surface area contributed by atoms with Crippen LogP contribution in [0.3, 0.4) is 0 Å². The van der Waals surface area contributed by atoms with Crippen LogP contribution in [-0.4, -0.2) is 39.7 Å². The van der Waals surface area contributed by atoms with Crippen molar-refractivity contribution in [2.45, 2.75) is 33.2 Å². The van der Waals surface area contributed by atoms with Gasteiger partial charge in [0.15, 0.2) is 5.58 Å². The lowest BCUT2D eigenvalue weighted by molar-refractivity contribution is -0.132. The Bertz CT molecular complexity index is 999. The van der Waals surface area contributed by atoms with Crippen molar-refractivity contribution >= 4 is 28.9 Å². The second kappa shape index (κ2) is 7.94. The molecule has 2 N–H and O–H groups in total. The summed E-state index contributed by atoms with van der Waals surface area (Å²) in [6, 6.07) is 10.1. The van der Waals surface area contributed by atoms with Crippen molar-refractivity contribution in [2.24, 2.45) is 5.92 Å². The Morgan fingerprint density at radius 1 is 1.17 bits per heavy atom. The van der Waals surface area contributed by atoms with Crippen LogP contribution < -0.4 is 15.8 Å². The summed E-state index contributed by atoms with van der Waals surface area (Å²) < 4.78 is 7.41. The highest BCUT2D eigenvalue weighted by Gasteiger charge is 2.27. The third-order valence-corrected chi connectivity index (χ3v) is 5.14. The van der Waals surface area contributed by atoms with Crippen molar-refractivity contribution in [3.05, 3.63) is 41.7 Å². The molecule has 29 heavy (non-hydrogen) atoms. The molecule has 0 atom stereocenters. The number of carbonyl (C=O) groups is 2. The number of nitrogens with zero attached hydrogens (tertiary/aromatic N) is 4. The molecule has 4 rings (SSSR count). The summed E-state index contributed by atoms with van der Waals surface area (Å²) >= 11 is 0. The predicted octanol–water partition coefficient (Wildman–Crippen LogP) is 1.71. The molecule has 3 heterocycles. The van der Waals surface area contributed by atoms with Gasteiger partial charge >= 0.3 is 0 Å². The molecule has 1 fully saturated rings. The highest BCUT2D eigenvalue weighted by atomic mass is 16.4. The van der Waals surface area contributed by atoms with Gasteiger partial charge in [-0.3, -0.25) is 25.1 Å². The summed E-state index contributed by atoms with van der Waals surface area (Å²) in [4.78, 5) is 31.0. The minimum Gasteiger partial charge on any atom is -0.423 e. The average molecular weight is 396 g/mol. The second-order valence-corrected chi connectivity index (χ2v) is 7.35. The minimum atomic E-state index is -0.312. The molecule has 1 aliphatic heterocycles. The van der Waals surface area contributed by atoms with E-state index in [0.29, 0.717) is 31.9 Å². The Kier molecular flexibility index (Phi) is 5.20. The van der Waals surface area contributed by atoms with Crippen LogP contribution in [0.15, 0.2) is 34.7 Å². The molecule has 1 aliphatic rings. The number of anilines is 1. The van der Waals surface area contributed by atoms with Crippen LogP contribution in [0, 0.1) is 19.8 Å². The van der Waals surface area contributed by atoms with E-state index in [1.807, 2.05) is 49.1 Å². The van der Waals surface area contributed by atoms with Crippen molar-refractivity contribution in [2.75, 3.05) is 18.0 Å². The maximum atomic E-state index is 12.4. The number of hydrogen-bond acceptors (Lipinski definition) is 6. The number of piperidine rings is 1. The number of nitrogens with one attached hydrogen (secondary N) is 2. The van der Waals surface area contributed by atoms with Crippen molar-refractivity contribution < 1.29 is 14.0 Å². The molecule has 2 aromatic heterocycles. The molecule has 9 nitrogen and oxygen atoms in total. The summed E-state index contributed by atoms with van der Waals surface area (Å²) in [5, 5.41) is 4.24. The van der Waals surface area contributed by atoms with Gasteiger partial charge in [-0.2, -0.15) is 10.1 Å². The van der Waals surface area contributed by atoms with Crippen molar-refractivity contribution in [1.82, 2.24) is 25.6 Å². The fourth-order valence-corrected chi connectivity index (χ4v) is 3.57. The van der Waals surface area contributed by atoms with Crippen LogP contribution in [-0.2, 0) is 16.1 Å². The van der Waals surface area contributed by atoms with E-state index in [1.165, 1.54) is 0 Å². The largest absolute Gasteiger partial charge is 0.423 e. The summed E-state index contributed by atoms with van der Waals surface area (Å²) in [5.41, 5.74) is 8.35. The second-order valence-electron chi connectivity index (χ2n) is 7.35. The predicted molar refractivity (Wildman–Crippen MR) is 107 cm³/mol. The monoisotopic (exact) mass is 396 g/mol. The maximum absolute atomic E-state index is 12.4. The first kappa shape index (κ1) is 19.0. The Labute approximate surface area is 168 Å². The number of amides is 2. The van der Waals surface area contributed by atoms with Gasteiger partial charge in [0.2, 0.25) is 5.91 Å². The molecule has 0 aliphatic carbocycles. The van der Waals surface area contributed by atoms with Crippen LogP contribution in [0.2, 0.25) is 0 Å². The zero-order chi connectivity index (χ0) is 20.4. The quantitative estimate of drug-likeness (QED) is 0.651. The molecule has 0 unspecified atom stereocenters. The molecule has 1 saturated heterocycles. The lowest BCUT2D eigenvalue weighted by Crippen LogP contribution is -2.48. The van der Waals surface area contributed by atoms with Gasteiger partial charge in [-0.25, -0.2) is 0 Å². The van der Waals surface area contributed by atoms with Gasteiger partial charge in [0.05, 0.1) is 5.69 Å². The van der Waals surface area contributed by atoms with Crippen LogP contribution in [0.4, 0.5) is 6.01 Å². The van der Waals surface area contributed by atoms with Gasteiger partial charge in [-0.05, 0) is 44.9 Å². The van der Waals surface area contributed by atoms with Crippen molar-refractivity contribution in [3.8, 4) is 0 Å². The summed E-state index contributed by atoms with van der Waals surface area (Å²) in [6.07, 6.45) is 1.33. The SMILES string of the molecule is Cc1cc(C)n(CC(=O)NNC(=O)C2CCN(c3nc4ccccc4o3)CC2)n1. The molecule has 0 radical (unpaired) electrons. The molecular weight excluding hydrogens is 372 g/mol. The first-order valence-electron chi connectivity index (χ1n) is 9.70. The van der Waals surface area contributed by atoms with Gasteiger partial charge in [0, 0.05) is 24.7 Å². The van der Waals surface area contributed by atoms with E-state index in [9.17, 15) is 9.59 Å². The van der Waals surface area contributed by atoms with Crippen LogP contribution in [0.25, 0.3) is 11.1 Å². The van der Waals surface area contributed by atoms with Crippen LogP contribution in [0.1, 0.15) is 24.2 Å². The number of aromatic nitrogens is 3. The number of rotatable bonds is 4. The highest BCUT2D eigenvalue weighted by Crippen LogP contribution is 2.26. The fourth-order valence-electron chi connectivity index (χ4n) is 3.57. The van der Waals surface area contributed by atoms with Gasteiger partial charge < -0.3 is 9.32 Å². The third kappa shape index (κ3) is 4.23. The number of hydrazine groups is 1. The number of para-hydroxylation sites is 2. The number of oxazole rings is 1. The first-order valence-corrected chi connectivity index (χ1v) is 9.70. The van der Waals surface area contributed by atoms with Crippen LogP contribution in [0.5, 0.6) is 0 Å². The first-order chi connectivity index (χ1) is 14.0. The topological polar surface area (TPSA) is 105 Å². The van der Waals surface area contributed by atoms with Gasteiger partial charge in [0.1, 0.15) is 12.1 Å². The molecule has 9 heteroatoms. The molecule has 152 valence electrons. The summed E-state index contributed by atoms with van der Waals surface area (Å²) in [6.45, 7) is 5.16. The van der Waals surface area contributed by atoms with E-state index in [1.54, 1.807) is 4.68 Å². The Balaban J connectivity index is 1.25. The zero-order valence-corrected chi connectivity index (χ0v) is 16.5. The number of benzene rings is 1.